The molecule has 2 amide bonds. The van der Waals surface area contributed by atoms with Gasteiger partial charge in [-0.1, -0.05) is 19.1 Å². The van der Waals surface area contributed by atoms with E-state index in [0.29, 0.717) is 5.69 Å². The smallest absolute Gasteiger partial charge is 0.271 e. The molecule has 27 heavy (non-hydrogen) atoms. The third-order valence-corrected chi connectivity index (χ3v) is 3.91. The van der Waals surface area contributed by atoms with Gasteiger partial charge in [0.1, 0.15) is 17.1 Å². The van der Waals surface area contributed by atoms with Crippen LogP contribution in [0.15, 0.2) is 42.6 Å². The predicted molar refractivity (Wildman–Crippen MR) is 99.5 cm³/mol. The van der Waals surface area contributed by atoms with Gasteiger partial charge in [-0.25, -0.2) is 4.39 Å². The third kappa shape index (κ3) is 5.89. The summed E-state index contributed by atoms with van der Waals surface area (Å²) in [5.74, 6) is -1.15. The van der Waals surface area contributed by atoms with Gasteiger partial charge in [-0.15, -0.1) is 0 Å². The van der Waals surface area contributed by atoms with E-state index in [2.05, 4.69) is 15.6 Å². The number of halogens is 1. The van der Waals surface area contributed by atoms with Crippen LogP contribution in [-0.2, 0) is 4.79 Å². The van der Waals surface area contributed by atoms with Crippen LogP contribution in [0, 0.1) is 17.1 Å². The van der Waals surface area contributed by atoms with Gasteiger partial charge in [-0.05, 0) is 49.6 Å². The monoisotopic (exact) mass is 368 g/mol. The van der Waals surface area contributed by atoms with Crippen LogP contribution in [0.2, 0.25) is 0 Å². The molecule has 2 rings (SSSR count). The molecule has 0 aliphatic rings. The first-order valence-corrected chi connectivity index (χ1v) is 8.45. The maximum absolute atomic E-state index is 13.0. The van der Waals surface area contributed by atoms with Crippen molar-refractivity contribution in [1.29, 1.82) is 5.26 Å². The molecule has 0 saturated carbocycles. The second kappa shape index (κ2) is 8.41. The maximum Gasteiger partial charge on any atom is 0.271 e. The fourth-order valence-corrected chi connectivity index (χ4v) is 2.41. The first-order valence-electron chi connectivity index (χ1n) is 8.45. The number of rotatable bonds is 6. The molecule has 0 spiro atoms. The number of hydrogen-bond acceptors (Lipinski definition) is 4. The van der Waals surface area contributed by atoms with E-state index in [9.17, 15) is 14.0 Å². The van der Waals surface area contributed by atoms with E-state index in [4.69, 9.17) is 5.26 Å². The molecule has 0 aliphatic heterocycles. The van der Waals surface area contributed by atoms with Gasteiger partial charge in [-0.2, -0.15) is 5.26 Å². The molecule has 6 nitrogen and oxygen atoms in total. The Morgan fingerprint density at radius 1 is 1.26 bits per heavy atom. The molecule has 7 heteroatoms. The number of nitriles is 1. The summed E-state index contributed by atoms with van der Waals surface area (Å²) in [5.41, 5.74) is 0.367. The van der Waals surface area contributed by atoms with E-state index < -0.39 is 11.4 Å². The molecule has 1 unspecified atom stereocenters. The summed E-state index contributed by atoms with van der Waals surface area (Å²) in [6.07, 6.45) is 1.62. The lowest BCUT2D eigenvalue weighted by molar-refractivity contribution is -0.116. The molecule has 0 bridgehead atoms. The van der Waals surface area contributed by atoms with E-state index in [1.54, 1.807) is 32.0 Å². The van der Waals surface area contributed by atoms with E-state index in [0.717, 1.165) is 5.56 Å². The second-order valence-corrected chi connectivity index (χ2v) is 6.83. The van der Waals surface area contributed by atoms with Crippen LogP contribution >= 0.6 is 0 Å². The molecule has 140 valence electrons. The largest absolute Gasteiger partial charge is 0.333 e. The molecule has 0 aliphatic carbocycles. The Balaban J connectivity index is 2.01. The molecule has 1 aromatic carbocycles. The minimum absolute atomic E-state index is 0.0911. The van der Waals surface area contributed by atoms with Gasteiger partial charge in [0.05, 0.1) is 6.07 Å². The van der Waals surface area contributed by atoms with Crippen LogP contribution < -0.4 is 10.6 Å². The highest BCUT2D eigenvalue weighted by molar-refractivity contribution is 5.96. The Labute approximate surface area is 157 Å². The summed E-state index contributed by atoms with van der Waals surface area (Å²) < 4.78 is 13.0. The third-order valence-electron chi connectivity index (χ3n) is 3.91. The van der Waals surface area contributed by atoms with Crippen LogP contribution in [0.25, 0.3) is 0 Å². The van der Waals surface area contributed by atoms with Crippen molar-refractivity contribution in [2.75, 3.05) is 5.32 Å². The highest BCUT2D eigenvalue weighted by Crippen LogP contribution is 2.20. The lowest BCUT2D eigenvalue weighted by atomic mass is 9.97. The zero-order valence-electron chi connectivity index (χ0n) is 15.4. The topological polar surface area (TPSA) is 94.9 Å². The number of anilines is 1. The number of nitrogens with zero attached hydrogens (tertiary/aromatic N) is 2. The highest BCUT2D eigenvalue weighted by atomic mass is 19.1. The Bertz CT molecular complexity index is 872. The van der Waals surface area contributed by atoms with Crippen molar-refractivity contribution in [3.05, 3.63) is 59.7 Å². The zero-order chi connectivity index (χ0) is 20.0. The van der Waals surface area contributed by atoms with Crippen molar-refractivity contribution < 1.29 is 14.0 Å². The number of benzene rings is 1. The van der Waals surface area contributed by atoms with Gasteiger partial charge in [0.25, 0.3) is 5.91 Å². The normalized spacial score (nSPS) is 12.0. The van der Waals surface area contributed by atoms with Crippen molar-refractivity contribution in [3.63, 3.8) is 0 Å². The van der Waals surface area contributed by atoms with E-state index in [1.807, 2.05) is 13.0 Å². The summed E-state index contributed by atoms with van der Waals surface area (Å²) in [5, 5.41) is 14.3. The number of nitrogens with one attached hydrogen (secondary N) is 2. The standard InChI is InChI=1S/C20H21FN4O2/c1-13(14-4-6-15(21)7-5-14)10-18(26)24-16-8-9-23-17(11-16)19(27)25-20(2,3)12-22/h4-9,11,13H,10H2,1-3H3,(H,25,27)(H,23,24,26). The molecular weight excluding hydrogens is 347 g/mol. The van der Waals surface area contributed by atoms with Crippen molar-refractivity contribution in [1.82, 2.24) is 10.3 Å². The second-order valence-electron chi connectivity index (χ2n) is 6.83. The lowest BCUT2D eigenvalue weighted by Crippen LogP contribution is -2.42. The first-order chi connectivity index (χ1) is 12.7. The minimum atomic E-state index is -1.03. The van der Waals surface area contributed by atoms with E-state index in [-0.39, 0.29) is 29.8 Å². The summed E-state index contributed by atoms with van der Waals surface area (Å²) in [6.45, 7) is 5.03. The van der Waals surface area contributed by atoms with Gasteiger partial charge in [0.15, 0.2) is 0 Å². The predicted octanol–water partition coefficient (Wildman–Crippen LogP) is 3.38. The zero-order valence-corrected chi connectivity index (χ0v) is 15.4. The molecule has 1 heterocycles. The number of carbonyl (C=O) groups is 2. The van der Waals surface area contributed by atoms with Gasteiger partial charge < -0.3 is 10.6 Å². The van der Waals surface area contributed by atoms with Crippen LogP contribution in [0.4, 0.5) is 10.1 Å². The lowest BCUT2D eigenvalue weighted by Gasteiger charge is -2.17. The van der Waals surface area contributed by atoms with Crippen molar-refractivity contribution in [3.8, 4) is 6.07 Å². The van der Waals surface area contributed by atoms with Crippen molar-refractivity contribution in [2.45, 2.75) is 38.6 Å². The van der Waals surface area contributed by atoms with Crippen LogP contribution in [-0.4, -0.2) is 22.3 Å². The molecule has 1 atom stereocenters. The number of amides is 2. The molecule has 0 radical (unpaired) electrons. The SMILES string of the molecule is CC(CC(=O)Nc1ccnc(C(=O)NC(C)(C)C#N)c1)c1ccc(F)cc1. The van der Waals surface area contributed by atoms with Crippen molar-refractivity contribution >= 4 is 17.5 Å². The summed E-state index contributed by atoms with van der Waals surface area (Å²) >= 11 is 0. The van der Waals surface area contributed by atoms with Gasteiger partial charge in [0, 0.05) is 18.3 Å². The number of carbonyl (C=O) groups excluding carboxylic acids is 2. The Morgan fingerprint density at radius 2 is 1.93 bits per heavy atom. The number of pyridine rings is 1. The van der Waals surface area contributed by atoms with Crippen LogP contribution in [0.1, 0.15) is 49.2 Å². The summed E-state index contributed by atoms with van der Waals surface area (Å²) in [7, 11) is 0. The molecule has 1 aromatic heterocycles. The molecule has 0 fully saturated rings. The Morgan fingerprint density at radius 3 is 2.56 bits per heavy atom. The quantitative estimate of drug-likeness (QED) is 0.817. The molecule has 0 saturated heterocycles. The molecule has 2 aromatic rings. The molecular formula is C20H21FN4O2. The molecule has 2 N–H and O–H groups in total. The minimum Gasteiger partial charge on any atom is -0.333 e. The fourth-order valence-electron chi connectivity index (χ4n) is 2.41. The Hall–Kier alpha value is -3.27. The first kappa shape index (κ1) is 20.0. The average Bonchev–Trinajstić information content (AvgIpc) is 2.62. The van der Waals surface area contributed by atoms with E-state index >= 15 is 0 Å². The van der Waals surface area contributed by atoms with E-state index in [1.165, 1.54) is 24.4 Å². The maximum atomic E-state index is 13.0. The average molecular weight is 368 g/mol. The Kier molecular flexibility index (Phi) is 6.24. The summed E-state index contributed by atoms with van der Waals surface area (Å²) in [4.78, 5) is 28.4. The van der Waals surface area contributed by atoms with Crippen molar-refractivity contribution in [2.24, 2.45) is 0 Å². The fraction of sp³-hybridized carbons (Fsp3) is 0.300. The van der Waals surface area contributed by atoms with Crippen LogP contribution in [0.3, 0.4) is 0 Å². The van der Waals surface area contributed by atoms with Crippen LogP contribution in [0.5, 0.6) is 0 Å². The summed E-state index contributed by atoms with van der Waals surface area (Å²) in [6, 6.07) is 11.0. The van der Waals surface area contributed by atoms with Gasteiger partial charge in [0.2, 0.25) is 5.91 Å². The van der Waals surface area contributed by atoms with Gasteiger partial charge in [-0.3, -0.25) is 14.6 Å². The number of hydrogen-bond donors (Lipinski definition) is 2. The number of aromatic nitrogens is 1. The highest BCUT2D eigenvalue weighted by Gasteiger charge is 2.21. The van der Waals surface area contributed by atoms with Gasteiger partial charge >= 0.3 is 0 Å².